The van der Waals surface area contributed by atoms with Crippen LogP contribution in [0, 0.1) is 24.7 Å². The molecule has 2 aliphatic carbocycles. The maximum atomic E-state index is 3.84. The highest BCUT2D eigenvalue weighted by atomic mass is 79.9. The molecule has 0 bridgehead atoms. The van der Waals surface area contributed by atoms with Gasteiger partial charge in [0, 0.05) is 10.9 Å². The standard InChI is InChI=1S/C16H24BrNS/c1-3-8-18-16(13-9-14(17)19-10(13)2)15-11-6-4-5-7-12(11)15/h9,11-12,15-16,18H,3-8H2,1-2H3. The number of hydrogen-bond acceptors (Lipinski definition) is 2. The summed E-state index contributed by atoms with van der Waals surface area (Å²) in [5.74, 6) is 2.94. The third-order valence-corrected chi connectivity index (χ3v) is 6.55. The Hall–Kier alpha value is 0.140. The van der Waals surface area contributed by atoms with E-state index in [9.17, 15) is 0 Å². The quantitative estimate of drug-likeness (QED) is 0.766. The molecule has 1 aromatic rings. The topological polar surface area (TPSA) is 12.0 Å². The van der Waals surface area contributed by atoms with Crippen LogP contribution in [0.4, 0.5) is 0 Å². The fourth-order valence-corrected chi connectivity index (χ4v) is 5.82. The summed E-state index contributed by atoms with van der Waals surface area (Å²) in [7, 11) is 0. The van der Waals surface area contributed by atoms with Crippen LogP contribution in [0.15, 0.2) is 9.85 Å². The van der Waals surface area contributed by atoms with Gasteiger partial charge in [-0.25, -0.2) is 0 Å². The van der Waals surface area contributed by atoms with E-state index < -0.39 is 0 Å². The summed E-state index contributed by atoms with van der Waals surface area (Å²) < 4.78 is 1.28. The van der Waals surface area contributed by atoms with Crippen molar-refractivity contribution in [2.45, 2.75) is 52.0 Å². The number of rotatable bonds is 5. The average molecular weight is 342 g/mol. The van der Waals surface area contributed by atoms with Crippen molar-refractivity contribution in [2.24, 2.45) is 17.8 Å². The zero-order valence-corrected chi connectivity index (χ0v) is 14.3. The molecule has 3 heteroatoms. The molecular formula is C16H24BrNS. The fourth-order valence-electron chi connectivity index (χ4n) is 4.06. The SMILES string of the molecule is CCCNC(c1cc(Br)sc1C)C1C2CCCCC21. The van der Waals surface area contributed by atoms with Gasteiger partial charge in [0.2, 0.25) is 0 Å². The van der Waals surface area contributed by atoms with E-state index in [-0.39, 0.29) is 0 Å². The van der Waals surface area contributed by atoms with Crippen LogP contribution in [0.5, 0.6) is 0 Å². The minimum absolute atomic E-state index is 0.607. The molecule has 0 spiro atoms. The number of thiophene rings is 1. The Balaban J connectivity index is 1.80. The zero-order chi connectivity index (χ0) is 13.4. The van der Waals surface area contributed by atoms with E-state index in [4.69, 9.17) is 0 Å². The van der Waals surface area contributed by atoms with Crippen LogP contribution < -0.4 is 5.32 Å². The van der Waals surface area contributed by atoms with Gasteiger partial charge >= 0.3 is 0 Å². The third kappa shape index (κ3) is 2.79. The molecule has 3 rings (SSSR count). The minimum Gasteiger partial charge on any atom is -0.310 e. The van der Waals surface area contributed by atoms with Gasteiger partial charge in [-0.2, -0.15) is 0 Å². The lowest BCUT2D eigenvalue weighted by molar-refractivity contribution is 0.445. The number of hydrogen-bond donors (Lipinski definition) is 1. The molecule has 0 radical (unpaired) electrons. The molecule has 1 aromatic heterocycles. The van der Waals surface area contributed by atoms with Crippen molar-refractivity contribution in [1.29, 1.82) is 0 Å². The highest BCUT2D eigenvalue weighted by Crippen LogP contribution is 2.61. The van der Waals surface area contributed by atoms with Gasteiger partial charge in [-0.15, -0.1) is 11.3 Å². The second-order valence-corrected chi connectivity index (χ2v) is 8.82. The molecule has 0 amide bonds. The Bertz CT molecular complexity index is 430. The lowest BCUT2D eigenvalue weighted by atomic mass is 10.0. The number of aryl methyl sites for hydroxylation is 1. The van der Waals surface area contributed by atoms with Crippen LogP contribution in [-0.2, 0) is 0 Å². The van der Waals surface area contributed by atoms with E-state index in [1.54, 1.807) is 5.56 Å². The Morgan fingerprint density at radius 3 is 2.58 bits per heavy atom. The molecule has 1 nitrogen and oxygen atoms in total. The van der Waals surface area contributed by atoms with Crippen molar-refractivity contribution in [3.8, 4) is 0 Å². The Labute approximate surface area is 129 Å². The molecule has 3 atom stereocenters. The predicted octanol–water partition coefficient (Wildman–Crippen LogP) is 5.30. The van der Waals surface area contributed by atoms with Gasteiger partial charge in [0.25, 0.3) is 0 Å². The van der Waals surface area contributed by atoms with Gasteiger partial charge in [-0.1, -0.05) is 19.8 Å². The van der Waals surface area contributed by atoms with E-state index >= 15 is 0 Å². The summed E-state index contributed by atoms with van der Waals surface area (Å²) in [6, 6.07) is 2.97. The Morgan fingerprint density at radius 2 is 2.05 bits per heavy atom. The summed E-state index contributed by atoms with van der Waals surface area (Å²) in [6.07, 6.45) is 7.10. The summed E-state index contributed by atoms with van der Waals surface area (Å²) in [4.78, 5) is 1.49. The van der Waals surface area contributed by atoms with Crippen molar-refractivity contribution < 1.29 is 0 Å². The summed E-state index contributed by atoms with van der Waals surface area (Å²) in [5, 5.41) is 3.84. The second kappa shape index (κ2) is 5.87. The molecule has 2 aliphatic rings. The molecule has 106 valence electrons. The van der Waals surface area contributed by atoms with Crippen LogP contribution in [-0.4, -0.2) is 6.54 Å². The van der Waals surface area contributed by atoms with Crippen molar-refractivity contribution in [3.63, 3.8) is 0 Å². The lowest BCUT2D eigenvalue weighted by Crippen LogP contribution is -2.25. The monoisotopic (exact) mass is 341 g/mol. The average Bonchev–Trinajstić information content (AvgIpc) is 3.02. The van der Waals surface area contributed by atoms with Crippen molar-refractivity contribution in [2.75, 3.05) is 6.54 Å². The zero-order valence-electron chi connectivity index (χ0n) is 11.9. The first kappa shape index (κ1) is 14.1. The van der Waals surface area contributed by atoms with Gasteiger partial charge in [0.15, 0.2) is 0 Å². The van der Waals surface area contributed by atoms with Gasteiger partial charge in [-0.3, -0.25) is 0 Å². The van der Waals surface area contributed by atoms with Crippen LogP contribution in [0.25, 0.3) is 0 Å². The molecular weight excluding hydrogens is 318 g/mol. The van der Waals surface area contributed by atoms with E-state index in [0.717, 1.165) is 24.3 Å². The summed E-state index contributed by atoms with van der Waals surface area (Å²) >= 11 is 5.54. The molecule has 0 aromatic carbocycles. The predicted molar refractivity (Wildman–Crippen MR) is 86.7 cm³/mol. The molecule has 0 aliphatic heterocycles. The van der Waals surface area contributed by atoms with E-state index in [1.807, 2.05) is 11.3 Å². The van der Waals surface area contributed by atoms with E-state index in [2.05, 4.69) is 41.2 Å². The minimum atomic E-state index is 0.607. The maximum absolute atomic E-state index is 3.84. The van der Waals surface area contributed by atoms with Crippen LogP contribution in [0.3, 0.4) is 0 Å². The van der Waals surface area contributed by atoms with Crippen LogP contribution >= 0.6 is 27.3 Å². The van der Waals surface area contributed by atoms with Crippen molar-refractivity contribution >= 4 is 27.3 Å². The lowest BCUT2D eigenvalue weighted by Gasteiger charge is -2.19. The van der Waals surface area contributed by atoms with Crippen molar-refractivity contribution in [1.82, 2.24) is 5.32 Å². The highest BCUT2D eigenvalue weighted by molar-refractivity contribution is 9.11. The first-order valence-corrected chi connectivity index (χ1v) is 9.32. The van der Waals surface area contributed by atoms with Crippen LogP contribution in [0.1, 0.15) is 55.5 Å². The van der Waals surface area contributed by atoms with Gasteiger partial charge in [0.1, 0.15) is 0 Å². The van der Waals surface area contributed by atoms with Crippen molar-refractivity contribution in [3.05, 3.63) is 20.3 Å². The molecule has 19 heavy (non-hydrogen) atoms. The number of fused-ring (bicyclic) bond motifs is 1. The summed E-state index contributed by atoms with van der Waals surface area (Å²) in [5.41, 5.74) is 1.56. The van der Waals surface area contributed by atoms with E-state index in [1.165, 1.54) is 40.8 Å². The van der Waals surface area contributed by atoms with E-state index in [0.29, 0.717) is 6.04 Å². The number of halogens is 1. The molecule has 1 N–H and O–H groups in total. The Kier molecular flexibility index (Phi) is 4.35. The van der Waals surface area contributed by atoms with Crippen LogP contribution in [0.2, 0.25) is 0 Å². The van der Waals surface area contributed by atoms with Gasteiger partial charge in [-0.05, 0) is 78.0 Å². The van der Waals surface area contributed by atoms with Gasteiger partial charge in [0.05, 0.1) is 3.79 Å². The third-order valence-electron chi connectivity index (χ3n) is 4.98. The molecule has 0 saturated heterocycles. The largest absolute Gasteiger partial charge is 0.310 e. The second-order valence-electron chi connectivity index (χ2n) is 6.18. The Morgan fingerprint density at radius 1 is 1.37 bits per heavy atom. The highest BCUT2D eigenvalue weighted by Gasteiger charge is 2.54. The van der Waals surface area contributed by atoms with Gasteiger partial charge < -0.3 is 5.32 Å². The molecule has 2 saturated carbocycles. The maximum Gasteiger partial charge on any atom is 0.0704 e. The first-order chi connectivity index (χ1) is 9.22. The summed E-state index contributed by atoms with van der Waals surface area (Å²) in [6.45, 7) is 5.69. The fraction of sp³-hybridized carbons (Fsp3) is 0.750. The normalized spacial score (nSPS) is 31.0. The number of nitrogens with one attached hydrogen (secondary N) is 1. The smallest absolute Gasteiger partial charge is 0.0704 e. The molecule has 1 heterocycles. The molecule has 3 unspecified atom stereocenters. The first-order valence-electron chi connectivity index (χ1n) is 7.71. The molecule has 2 fully saturated rings.